The molecule has 0 saturated carbocycles. The molecule has 1 N–H and O–H groups in total. The molecule has 1 atom stereocenters. The second-order valence-corrected chi connectivity index (χ2v) is 6.78. The van der Waals surface area contributed by atoms with Gasteiger partial charge in [-0.3, -0.25) is 0 Å². The maximum absolute atomic E-state index is 5.54. The zero-order valence-corrected chi connectivity index (χ0v) is 13.1. The Morgan fingerprint density at radius 3 is 2.39 bits per heavy atom. The largest absolute Gasteiger partial charge is 0.371 e. The van der Waals surface area contributed by atoms with Crippen molar-refractivity contribution >= 4 is 11.3 Å². The summed E-state index contributed by atoms with van der Waals surface area (Å²) in [4.78, 5) is 0. The van der Waals surface area contributed by atoms with Crippen molar-refractivity contribution in [1.29, 1.82) is 0 Å². The molecule has 5 heteroatoms. The maximum Gasteiger partial charge on any atom is 0.149 e. The molecule has 104 valence electrons. The van der Waals surface area contributed by atoms with Gasteiger partial charge in [-0.2, -0.15) is 0 Å². The number of ether oxygens (including phenoxy) is 1. The van der Waals surface area contributed by atoms with Crippen molar-refractivity contribution in [1.82, 2.24) is 15.5 Å². The number of methoxy groups -OCH3 is 1. The van der Waals surface area contributed by atoms with Crippen molar-refractivity contribution in [2.24, 2.45) is 0 Å². The van der Waals surface area contributed by atoms with Gasteiger partial charge in [0.15, 0.2) is 0 Å². The lowest BCUT2D eigenvalue weighted by Gasteiger charge is -2.22. The zero-order valence-electron chi connectivity index (χ0n) is 12.3. The van der Waals surface area contributed by atoms with Gasteiger partial charge < -0.3 is 10.1 Å². The molecule has 1 rings (SSSR count). The lowest BCUT2D eigenvalue weighted by molar-refractivity contribution is -0.00207. The standard InChI is InChI=1S/C13H25N3OS/c1-7-13(5,17-6)11-16-15-10(18-11)8-9-14-12(2,3)4/h14H,7-9H2,1-6H3. The zero-order chi connectivity index (χ0) is 13.8. The Morgan fingerprint density at radius 2 is 1.89 bits per heavy atom. The summed E-state index contributed by atoms with van der Waals surface area (Å²) in [6, 6.07) is 0. The number of nitrogens with zero attached hydrogens (tertiary/aromatic N) is 2. The quantitative estimate of drug-likeness (QED) is 0.864. The van der Waals surface area contributed by atoms with Crippen molar-refractivity contribution in [3.05, 3.63) is 10.0 Å². The number of hydrogen-bond acceptors (Lipinski definition) is 5. The summed E-state index contributed by atoms with van der Waals surface area (Å²) in [5.74, 6) is 0. The van der Waals surface area contributed by atoms with Gasteiger partial charge in [0.25, 0.3) is 0 Å². The SMILES string of the molecule is CCC(C)(OC)c1nnc(CCNC(C)(C)C)s1. The Bertz CT molecular complexity index is 367. The average molecular weight is 271 g/mol. The minimum absolute atomic E-state index is 0.151. The number of aromatic nitrogens is 2. The van der Waals surface area contributed by atoms with Crippen LogP contribution in [0.1, 0.15) is 51.1 Å². The fourth-order valence-electron chi connectivity index (χ4n) is 1.50. The van der Waals surface area contributed by atoms with Crippen LogP contribution in [-0.2, 0) is 16.8 Å². The molecule has 0 fully saturated rings. The molecule has 18 heavy (non-hydrogen) atoms. The third-order valence-electron chi connectivity index (χ3n) is 3.04. The van der Waals surface area contributed by atoms with E-state index in [0.717, 1.165) is 29.4 Å². The Morgan fingerprint density at radius 1 is 1.22 bits per heavy atom. The van der Waals surface area contributed by atoms with Crippen molar-refractivity contribution in [3.8, 4) is 0 Å². The highest BCUT2D eigenvalue weighted by atomic mass is 32.1. The lowest BCUT2D eigenvalue weighted by Crippen LogP contribution is -2.37. The predicted octanol–water partition coefficient (Wildman–Crippen LogP) is 2.74. The van der Waals surface area contributed by atoms with Crippen LogP contribution in [0, 0.1) is 0 Å². The molecule has 0 saturated heterocycles. The summed E-state index contributed by atoms with van der Waals surface area (Å²) >= 11 is 1.65. The van der Waals surface area contributed by atoms with Crippen molar-refractivity contribution < 1.29 is 4.74 Å². The van der Waals surface area contributed by atoms with Gasteiger partial charge >= 0.3 is 0 Å². The summed E-state index contributed by atoms with van der Waals surface area (Å²) in [6.45, 7) is 11.6. The summed E-state index contributed by atoms with van der Waals surface area (Å²) in [7, 11) is 1.73. The maximum atomic E-state index is 5.54. The van der Waals surface area contributed by atoms with E-state index >= 15 is 0 Å². The number of hydrogen-bond donors (Lipinski definition) is 1. The minimum Gasteiger partial charge on any atom is -0.371 e. The second kappa shape index (κ2) is 6.08. The second-order valence-electron chi connectivity index (χ2n) is 5.72. The summed E-state index contributed by atoms with van der Waals surface area (Å²) in [6.07, 6.45) is 1.82. The monoisotopic (exact) mass is 271 g/mol. The third-order valence-corrected chi connectivity index (χ3v) is 4.27. The first-order valence-electron chi connectivity index (χ1n) is 6.44. The fourth-order valence-corrected chi connectivity index (χ4v) is 2.53. The molecule has 0 aliphatic heterocycles. The molecule has 0 aromatic carbocycles. The first-order valence-corrected chi connectivity index (χ1v) is 7.25. The Kier molecular flexibility index (Phi) is 5.25. The summed E-state index contributed by atoms with van der Waals surface area (Å²) < 4.78 is 5.54. The van der Waals surface area contributed by atoms with Crippen LogP contribution >= 0.6 is 11.3 Å². The van der Waals surface area contributed by atoms with Crippen molar-refractivity contribution in [3.63, 3.8) is 0 Å². The summed E-state index contributed by atoms with van der Waals surface area (Å²) in [5, 5.41) is 14.0. The van der Waals surface area contributed by atoms with Gasteiger partial charge in [0, 0.05) is 25.6 Å². The van der Waals surface area contributed by atoms with E-state index in [2.05, 4.69) is 50.1 Å². The van der Waals surface area contributed by atoms with Crippen molar-refractivity contribution in [2.75, 3.05) is 13.7 Å². The van der Waals surface area contributed by atoms with Crippen molar-refractivity contribution in [2.45, 2.75) is 58.6 Å². The normalized spacial score (nSPS) is 15.7. The van der Waals surface area contributed by atoms with Crippen LogP contribution in [-0.4, -0.2) is 29.4 Å². The Balaban J connectivity index is 2.59. The molecule has 0 aliphatic rings. The highest BCUT2D eigenvalue weighted by molar-refractivity contribution is 7.11. The number of nitrogens with one attached hydrogen (secondary N) is 1. The Hall–Kier alpha value is -0.520. The van der Waals surface area contributed by atoms with Gasteiger partial charge in [-0.25, -0.2) is 0 Å². The van der Waals surface area contributed by atoms with E-state index in [1.807, 2.05) is 0 Å². The van der Waals surface area contributed by atoms with Crippen LogP contribution in [0.15, 0.2) is 0 Å². The third kappa shape index (κ3) is 4.30. The average Bonchev–Trinajstić information content (AvgIpc) is 2.75. The molecule has 0 aliphatic carbocycles. The van der Waals surface area contributed by atoms with E-state index in [1.165, 1.54) is 0 Å². The molecule has 1 unspecified atom stereocenters. The molecular weight excluding hydrogens is 246 g/mol. The summed E-state index contributed by atoms with van der Waals surface area (Å²) in [5.41, 5.74) is -0.147. The molecule has 0 spiro atoms. The Labute approximate surface area is 114 Å². The van der Waals surface area contributed by atoms with Gasteiger partial charge in [0.05, 0.1) is 0 Å². The van der Waals surface area contributed by atoms with Crippen LogP contribution in [0.25, 0.3) is 0 Å². The lowest BCUT2D eigenvalue weighted by atomic mass is 10.1. The van der Waals surface area contributed by atoms with Gasteiger partial charge in [0.2, 0.25) is 0 Å². The van der Waals surface area contributed by atoms with Crippen LogP contribution in [0.2, 0.25) is 0 Å². The van der Waals surface area contributed by atoms with E-state index in [-0.39, 0.29) is 11.1 Å². The van der Waals surface area contributed by atoms with Gasteiger partial charge in [-0.1, -0.05) is 18.3 Å². The van der Waals surface area contributed by atoms with Gasteiger partial charge in [0.1, 0.15) is 15.6 Å². The minimum atomic E-state index is -0.298. The van der Waals surface area contributed by atoms with Gasteiger partial charge in [-0.15, -0.1) is 10.2 Å². The highest BCUT2D eigenvalue weighted by Crippen LogP contribution is 2.30. The van der Waals surface area contributed by atoms with E-state index in [0.29, 0.717) is 0 Å². The van der Waals surface area contributed by atoms with Crippen LogP contribution < -0.4 is 5.32 Å². The first kappa shape index (κ1) is 15.5. The van der Waals surface area contributed by atoms with E-state index in [4.69, 9.17) is 4.74 Å². The predicted molar refractivity (Wildman–Crippen MR) is 76.0 cm³/mol. The molecule has 4 nitrogen and oxygen atoms in total. The molecule has 1 heterocycles. The van der Waals surface area contributed by atoms with Crippen LogP contribution in [0.3, 0.4) is 0 Å². The smallest absolute Gasteiger partial charge is 0.149 e. The molecular formula is C13H25N3OS. The number of rotatable bonds is 6. The molecule has 1 aromatic heterocycles. The molecule has 1 aromatic rings. The van der Waals surface area contributed by atoms with Crippen LogP contribution in [0.5, 0.6) is 0 Å². The first-order chi connectivity index (χ1) is 8.30. The topological polar surface area (TPSA) is 47.0 Å². The fraction of sp³-hybridized carbons (Fsp3) is 0.846. The molecule has 0 radical (unpaired) electrons. The molecule has 0 bridgehead atoms. The van der Waals surface area contributed by atoms with Gasteiger partial charge in [-0.05, 0) is 34.1 Å². The molecule has 0 amide bonds. The van der Waals surface area contributed by atoms with Crippen LogP contribution in [0.4, 0.5) is 0 Å². The van der Waals surface area contributed by atoms with E-state index in [9.17, 15) is 0 Å². The highest BCUT2D eigenvalue weighted by Gasteiger charge is 2.28. The van der Waals surface area contributed by atoms with E-state index in [1.54, 1.807) is 18.4 Å². The van der Waals surface area contributed by atoms with E-state index < -0.39 is 0 Å².